The topological polar surface area (TPSA) is 77.8 Å². The Morgan fingerprint density at radius 2 is 1.51 bits per heavy atom. The highest BCUT2D eigenvalue weighted by molar-refractivity contribution is 9.10. The molecule has 1 fully saturated rings. The molecule has 198 valence electrons. The number of furan rings is 1. The summed E-state index contributed by atoms with van der Waals surface area (Å²) in [5.41, 5.74) is 3.30. The van der Waals surface area contributed by atoms with Crippen molar-refractivity contribution in [1.82, 2.24) is 10.2 Å². The zero-order valence-corrected chi connectivity index (χ0v) is 23.9. The van der Waals surface area contributed by atoms with Crippen molar-refractivity contribution < 1.29 is 14.0 Å². The molecule has 1 saturated heterocycles. The minimum Gasteiger partial charge on any atom is -0.451 e. The average Bonchev–Trinajstić information content (AvgIpc) is 3.45. The van der Waals surface area contributed by atoms with Crippen LogP contribution in [-0.4, -0.2) is 48.0 Å². The molecule has 1 aromatic heterocycles. The van der Waals surface area contributed by atoms with Gasteiger partial charge in [0.1, 0.15) is 5.76 Å². The maximum Gasteiger partial charge on any atom is 0.293 e. The van der Waals surface area contributed by atoms with Crippen LogP contribution in [0.5, 0.6) is 0 Å². The van der Waals surface area contributed by atoms with E-state index in [2.05, 4.69) is 31.5 Å². The van der Waals surface area contributed by atoms with E-state index in [0.29, 0.717) is 29.4 Å². The van der Waals surface area contributed by atoms with Crippen LogP contribution >= 0.6 is 39.7 Å². The van der Waals surface area contributed by atoms with E-state index in [1.54, 1.807) is 36.4 Å². The molecule has 0 spiro atoms. The van der Waals surface area contributed by atoms with Crippen LogP contribution in [0.25, 0.3) is 11.3 Å². The minimum absolute atomic E-state index is 0.0144. The third-order valence-electron chi connectivity index (χ3n) is 6.33. The SMILES string of the molecule is O=C(NC(=S)Nc1ccc(N2CCN(C(=O)c3ccc(Cl)cc3)CC2)cc1)c1ccc(-c2ccc(Br)cc2)o1. The van der Waals surface area contributed by atoms with E-state index in [4.69, 9.17) is 28.2 Å². The number of hydrogen-bond acceptors (Lipinski definition) is 5. The van der Waals surface area contributed by atoms with Gasteiger partial charge in [-0.25, -0.2) is 0 Å². The van der Waals surface area contributed by atoms with Crippen molar-refractivity contribution in [3.8, 4) is 11.3 Å². The fraction of sp³-hybridized carbons (Fsp3) is 0.138. The largest absolute Gasteiger partial charge is 0.451 e. The smallest absolute Gasteiger partial charge is 0.293 e. The number of hydrogen-bond donors (Lipinski definition) is 2. The Kier molecular flexibility index (Phi) is 8.30. The molecule has 2 amide bonds. The first-order valence-corrected chi connectivity index (χ1v) is 13.8. The molecule has 0 radical (unpaired) electrons. The number of nitrogens with one attached hydrogen (secondary N) is 2. The van der Waals surface area contributed by atoms with Crippen molar-refractivity contribution in [2.24, 2.45) is 0 Å². The van der Waals surface area contributed by atoms with Gasteiger partial charge in [0.15, 0.2) is 10.9 Å². The summed E-state index contributed by atoms with van der Waals surface area (Å²) >= 11 is 14.7. The van der Waals surface area contributed by atoms with Crippen molar-refractivity contribution in [2.45, 2.75) is 0 Å². The number of carbonyl (C=O) groups excluding carboxylic acids is 2. The molecular formula is C29H24BrClN4O3S. The number of anilines is 2. The third kappa shape index (κ3) is 6.68. The number of halogens is 2. The molecule has 1 aliphatic heterocycles. The maximum atomic E-state index is 12.8. The van der Waals surface area contributed by atoms with Crippen LogP contribution in [0.15, 0.2) is 93.8 Å². The molecule has 0 atom stereocenters. The van der Waals surface area contributed by atoms with E-state index < -0.39 is 5.91 Å². The number of thiocarbonyl (C=S) groups is 1. The summed E-state index contributed by atoms with van der Waals surface area (Å²) in [4.78, 5) is 29.4. The zero-order chi connectivity index (χ0) is 27.4. The summed E-state index contributed by atoms with van der Waals surface area (Å²) in [6.07, 6.45) is 0. The van der Waals surface area contributed by atoms with Crippen LogP contribution in [0.2, 0.25) is 5.02 Å². The Balaban J connectivity index is 1.11. The highest BCUT2D eigenvalue weighted by Gasteiger charge is 2.22. The Labute approximate surface area is 244 Å². The van der Waals surface area contributed by atoms with E-state index in [-0.39, 0.29) is 16.8 Å². The summed E-state index contributed by atoms with van der Waals surface area (Å²) in [5.74, 6) is 0.345. The quantitative estimate of drug-likeness (QED) is 0.249. The molecule has 39 heavy (non-hydrogen) atoms. The van der Waals surface area contributed by atoms with Crippen LogP contribution in [0, 0.1) is 0 Å². The van der Waals surface area contributed by atoms with Gasteiger partial charge in [0.05, 0.1) is 0 Å². The summed E-state index contributed by atoms with van der Waals surface area (Å²) in [6, 6.07) is 25.7. The molecule has 2 heterocycles. The summed E-state index contributed by atoms with van der Waals surface area (Å²) < 4.78 is 6.67. The van der Waals surface area contributed by atoms with Gasteiger partial charge in [-0.1, -0.05) is 39.7 Å². The second-order valence-corrected chi connectivity index (χ2v) is 10.7. The first kappa shape index (κ1) is 26.9. The van der Waals surface area contributed by atoms with E-state index >= 15 is 0 Å². The van der Waals surface area contributed by atoms with E-state index in [0.717, 1.165) is 34.5 Å². The Morgan fingerprint density at radius 1 is 0.846 bits per heavy atom. The third-order valence-corrected chi connectivity index (χ3v) is 7.32. The second kappa shape index (κ2) is 12.0. The predicted octanol–water partition coefficient (Wildman–Crippen LogP) is 6.45. The van der Waals surface area contributed by atoms with Gasteiger partial charge in [-0.15, -0.1) is 0 Å². The van der Waals surface area contributed by atoms with E-state index in [1.165, 1.54) is 0 Å². The van der Waals surface area contributed by atoms with Crippen LogP contribution < -0.4 is 15.5 Å². The monoisotopic (exact) mass is 622 g/mol. The van der Waals surface area contributed by atoms with Crippen molar-refractivity contribution >= 4 is 68.1 Å². The average molecular weight is 624 g/mol. The number of rotatable bonds is 5. The van der Waals surface area contributed by atoms with Crippen molar-refractivity contribution in [3.05, 3.63) is 106 Å². The van der Waals surface area contributed by atoms with E-state index in [9.17, 15) is 9.59 Å². The fourth-order valence-electron chi connectivity index (χ4n) is 4.25. The molecule has 2 N–H and O–H groups in total. The molecule has 0 unspecified atom stereocenters. The van der Waals surface area contributed by atoms with Crippen LogP contribution in [0.4, 0.5) is 11.4 Å². The lowest BCUT2D eigenvalue weighted by molar-refractivity contribution is 0.0746. The molecule has 1 aliphatic rings. The van der Waals surface area contributed by atoms with Crippen molar-refractivity contribution in [1.29, 1.82) is 0 Å². The Morgan fingerprint density at radius 3 is 2.18 bits per heavy atom. The Hall–Kier alpha value is -3.66. The van der Waals surface area contributed by atoms with Gasteiger partial charge in [0.2, 0.25) is 0 Å². The lowest BCUT2D eigenvalue weighted by atomic mass is 10.1. The highest BCUT2D eigenvalue weighted by atomic mass is 79.9. The number of piperazine rings is 1. The molecule has 3 aromatic carbocycles. The van der Waals surface area contributed by atoms with Crippen LogP contribution in [0.1, 0.15) is 20.9 Å². The molecule has 7 nitrogen and oxygen atoms in total. The molecular weight excluding hydrogens is 600 g/mol. The highest BCUT2D eigenvalue weighted by Crippen LogP contribution is 2.24. The lowest BCUT2D eigenvalue weighted by Gasteiger charge is -2.36. The zero-order valence-electron chi connectivity index (χ0n) is 20.7. The number of amides is 2. The minimum atomic E-state index is -0.432. The molecule has 10 heteroatoms. The van der Waals surface area contributed by atoms with Crippen molar-refractivity contribution in [3.63, 3.8) is 0 Å². The number of nitrogens with zero attached hydrogens (tertiary/aromatic N) is 2. The molecule has 4 aromatic rings. The van der Waals surface area contributed by atoms with Gasteiger partial charge >= 0.3 is 0 Å². The second-order valence-electron chi connectivity index (χ2n) is 8.91. The molecule has 0 bridgehead atoms. The summed E-state index contributed by atoms with van der Waals surface area (Å²) in [6.45, 7) is 2.72. The Bertz CT molecular complexity index is 1480. The van der Waals surface area contributed by atoms with Crippen LogP contribution in [0.3, 0.4) is 0 Å². The van der Waals surface area contributed by atoms with Gasteiger partial charge in [0, 0.05) is 58.2 Å². The lowest BCUT2D eigenvalue weighted by Crippen LogP contribution is -2.48. The maximum absolute atomic E-state index is 12.8. The van der Waals surface area contributed by atoms with Gasteiger partial charge < -0.3 is 19.5 Å². The number of benzene rings is 3. The van der Waals surface area contributed by atoms with Gasteiger partial charge in [-0.3, -0.25) is 14.9 Å². The standard InChI is InChI=1S/C29H24BrClN4O3S/c30-21-5-1-19(2-6-21)25-13-14-26(38-25)27(36)33-29(39)32-23-9-11-24(12-10-23)34-15-17-35(18-16-34)28(37)20-3-7-22(31)8-4-20/h1-14H,15-18H2,(H2,32,33,36,39). The summed E-state index contributed by atoms with van der Waals surface area (Å²) in [5, 5.41) is 6.47. The van der Waals surface area contributed by atoms with Gasteiger partial charge in [-0.2, -0.15) is 0 Å². The summed E-state index contributed by atoms with van der Waals surface area (Å²) in [7, 11) is 0. The van der Waals surface area contributed by atoms with Crippen LogP contribution in [-0.2, 0) is 0 Å². The first-order chi connectivity index (χ1) is 18.9. The van der Waals surface area contributed by atoms with Gasteiger partial charge in [-0.05, 0) is 85.0 Å². The predicted molar refractivity (Wildman–Crippen MR) is 162 cm³/mol. The molecule has 0 aliphatic carbocycles. The van der Waals surface area contributed by atoms with Gasteiger partial charge in [0.25, 0.3) is 11.8 Å². The first-order valence-electron chi connectivity index (χ1n) is 12.2. The molecule has 5 rings (SSSR count). The number of carbonyl (C=O) groups is 2. The molecule has 0 saturated carbocycles. The fourth-order valence-corrected chi connectivity index (χ4v) is 4.86. The van der Waals surface area contributed by atoms with E-state index in [1.807, 2.05) is 53.4 Å². The van der Waals surface area contributed by atoms with Crippen molar-refractivity contribution in [2.75, 3.05) is 36.4 Å². The normalized spacial score (nSPS) is 13.2.